The number of carbonyl (C=O) groups is 1. The maximum absolute atomic E-state index is 12.8. The summed E-state index contributed by atoms with van der Waals surface area (Å²) in [6, 6.07) is 8.94. The molecule has 1 N–H and O–H groups in total. The van der Waals surface area contributed by atoms with Gasteiger partial charge in [-0.2, -0.15) is 0 Å². The van der Waals surface area contributed by atoms with Crippen molar-refractivity contribution in [3.05, 3.63) is 52.7 Å². The van der Waals surface area contributed by atoms with E-state index in [0.29, 0.717) is 6.04 Å². The zero-order valence-electron chi connectivity index (χ0n) is 14.1. The van der Waals surface area contributed by atoms with Crippen LogP contribution in [0.5, 0.6) is 0 Å². The molecule has 124 valence electrons. The summed E-state index contributed by atoms with van der Waals surface area (Å²) < 4.78 is 5.22. The van der Waals surface area contributed by atoms with Crippen molar-refractivity contribution in [1.29, 1.82) is 0 Å². The van der Waals surface area contributed by atoms with Gasteiger partial charge in [-0.25, -0.2) is 4.79 Å². The van der Waals surface area contributed by atoms with Crippen molar-refractivity contribution in [2.24, 2.45) is 5.92 Å². The number of rotatable bonds is 1. The summed E-state index contributed by atoms with van der Waals surface area (Å²) in [5, 5.41) is 3.61. The largest absolute Gasteiger partial charge is 0.466 e. The van der Waals surface area contributed by atoms with Gasteiger partial charge in [0.2, 0.25) is 0 Å². The number of benzene rings is 1. The maximum atomic E-state index is 12.8. The Kier molecular flexibility index (Phi) is 2.82. The van der Waals surface area contributed by atoms with E-state index >= 15 is 0 Å². The third-order valence-electron chi connectivity index (χ3n) is 6.56. The van der Waals surface area contributed by atoms with Crippen molar-refractivity contribution in [2.75, 3.05) is 25.5 Å². The molecule has 1 spiro atoms. The van der Waals surface area contributed by atoms with Crippen LogP contribution in [0.4, 0.5) is 5.69 Å². The van der Waals surface area contributed by atoms with Crippen LogP contribution >= 0.6 is 0 Å². The van der Waals surface area contributed by atoms with Gasteiger partial charge in [-0.1, -0.05) is 29.8 Å². The van der Waals surface area contributed by atoms with E-state index in [9.17, 15) is 4.79 Å². The Balaban J connectivity index is 1.80. The van der Waals surface area contributed by atoms with Crippen molar-refractivity contribution in [1.82, 2.24) is 4.90 Å². The number of para-hydroxylation sites is 1. The summed E-state index contributed by atoms with van der Waals surface area (Å²) in [6.07, 6.45) is 4.35. The molecule has 0 aromatic heterocycles. The fourth-order valence-corrected chi connectivity index (χ4v) is 5.53. The van der Waals surface area contributed by atoms with Gasteiger partial charge in [0.15, 0.2) is 0 Å². The first kappa shape index (κ1) is 14.3. The molecule has 0 amide bonds. The number of fused-ring (bicyclic) bond motifs is 1. The maximum Gasteiger partial charge on any atom is 0.336 e. The van der Waals surface area contributed by atoms with E-state index in [1.165, 1.54) is 18.2 Å². The monoisotopic (exact) mass is 322 g/mol. The fourth-order valence-electron chi connectivity index (χ4n) is 5.53. The average molecular weight is 322 g/mol. The molecule has 4 nitrogen and oxygen atoms in total. The van der Waals surface area contributed by atoms with Gasteiger partial charge in [-0.05, 0) is 31.4 Å². The summed E-state index contributed by atoms with van der Waals surface area (Å²) in [4.78, 5) is 15.3. The van der Waals surface area contributed by atoms with Crippen molar-refractivity contribution in [3.63, 3.8) is 0 Å². The summed E-state index contributed by atoms with van der Waals surface area (Å²) in [5.74, 6) is 0.000156. The SMILES string of the molecule is CC=C1CN2CCC34CC2C1C(C(=O)OC)=C3Nc1ccccc14. The molecule has 3 unspecified atom stereocenters. The second-order valence-electron chi connectivity index (χ2n) is 7.37. The lowest BCUT2D eigenvalue weighted by molar-refractivity contribution is -0.137. The standard InChI is InChI=1S/C20H22N2O2/c1-3-12-11-22-9-8-20-10-15(22)16(12)17(19(23)24-2)18(20)21-14-7-5-4-6-13(14)20/h3-7,15-16,21H,8-11H2,1-2H3. The van der Waals surface area contributed by atoms with Crippen LogP contribution in [0.25, 0.3) is 0 Å². The van der Waals surface area contributed by atoms with E-state index in [4.69, 9.17) is 4.74 Å². The Bertz CT molecular complexity index is 810. The van der Waals surface area contributed by atoms with Gasteiger partial charge in [-0.3, -0.25) is 4.90 Å². The topological polar surface area (TPSA) is 41.6 Å². The number of nitrogens with one attached hydrogen (secondary N) is 1. The molecular formula is C20H22N2O2. The lowest BCUT2D eigenvalue weighted by Gasteiger charge is -2.48. The normalized spacial score (nSPS) is 34.8. The van der Waals surface area contributed by atoms with Crippen LogP contribution in [-0.2, 0) is 14.9 Å². The predicted octanol–water partition coefficient (Wildman–Crippen LogP) is 2.83. The van der Waals surface area contributed by atoms with Crippen LogP contribution in [0, 0.1) is 5.92 Å². The minimum Gasteiger partial charge on any atom is -0.466 e. The fraction of sp³-hybridized carbons (Fsp3) is 0.450. The molecule has 2 bridgehead atoms. The molecule has 1 aromatic rings. The summed E-state index contributed by atoms with van der Waals surface area (Å²) in [6.45, 7) is 4.16. The lowest BCUT2D eigenvalue weighted by atomic mass is 9.62. The Morgan fingerprint density at radius 2 is 2.25 bits per heavy atom. The van der Waals surface area contributed by atoms with Gasteiger partial charge in [0.25, 0.3) is 0 Å². The molecule has 3 heterocycles. The first-order valence-corrected chi connectivity index (χ1v) is 8.78. The summed E-state index contributed by atoms with van der Waals surface area (Å²) in [7, 11) is 1.50. The number of nitrogens with zero attached hydrogens (tertiary/aromatic N) is 1. The molecule has 0 radical (unpaired) electrons. The highest BCUT2D eigenvalue weighted by molar-refractivity contribution is 5.94. The molecular weight excluding hydrogens is 300 g/mol. The minimum atomic E-state index is -0.174. The van der Waals surface area contributed by atoms with Crippen molar-refractivity contribution in [3.8, 4) is 0 Å². The quantitative estimate of drug-likeness (QED) is 0.638. The number of anilines is 1. The van der Waals surface area contributed by atoms with E-state index in [1.807, 2.05) is 0 Å². The minimum absolute atomic E-state index is 0.0407. The molecule has 24 heavy (non-hydrogen) atoms. The molecule has 1 aliphatic carbocycles. The second-order valence-corrected chi connectivity index (χ2v) is 7.37. The van der Waals surface area contributed by atoms with Gasteiger partial charge in [0.1, 0.15) is 0 Å². The molecule has 3 aliphatic heterocycles. The summed E-state index contributed by atoms with van der Waals surface area (Å²) in [5.41, 5.74) is 5.80. The number of piperidine rings is 1. The number of hydrogen-bond acceptors (Lipinski definition) is 4. The van der Waals surface area contributed by atoms with Crippen molar-refractivity contribution < 1.29 is 9.53 Å². The number of hydrogen-bond donors (Lipinski definition) is 1. The van der Waals surface area contributed by atoms with E-state index in [-0.39, 0.29) is 17.3 Å². The molecule has 4 aliphatic rings. The first-order valence-electron chi connectivity index (χ1n) is 8.78. The van der Waals surface area contributed by atoms with Gasteiger partial charge < -0.3 is 10.1 Å². The highest BCUT2D eigenvalue weighted by Crippen LogP contribution is 2.60. The summed E-state index contributed by atoms with van der Waals surface area (Å²) >= 11 is 0. The molecule has 3 atom stereocenters. The van der Waals surface area contributed by atoms with Crippen LogP contribution in [0.3, 0.4) is 0 Å². The third kappa shape index (κ3) is 1.55. The third-order valence-corrected chi connectivity index (χ3v) is 6.56. The highest BCUT2D eigenvalue weighted by atomic mass is 16.5. The van der Waals surface area contributed by atoms with Crippen molar-refractivity contribution >= 4 is 11.7 Å². The number of allylic oxidation sites excluding steroid dienone is 2. The Morgan fingerprint density at radius 1 is 1.42 bits per heavy atom. The van der Waals surface area contributed by atoms with Gasteiger partial charge in [0, 0.05) is 41.8 Å². The first-order chi connectivity index (χ1) is 11.7. The molecule has 4 heteroatoms. The lowest BCUT2D eigenvalue weighted by Crippen LogP contribution is -2.52. The number of ether oxygens (including phenoxy) is 1. The molecule has 5 rings (SSSR count). The van der Waals surface area contributed by atoms with Gasteiger partial charge in [0.05, 0.1) is 12.7 Å². The van der Waals surface area contributed by atoms with E-state index in [1.54, 1.807) is 0 Å². The molecule has 2 saturated heterocycles. The Hall–Kier alpha value is -2.07. The highest BCUT2D eigenvalue weighted by Gasteiger charge is 2.59. The zero-order valence-corrected chi connectivity index (χ0v) is 14.1. The second kappa shape index (κ2) is 4.73. The van der Waals surface area contributed by atoms with Crippen LogP contribution in [-0.4, -0.2) is 37.1 Å². The van der Waals surface area contributed by atoms with Crippen LogP contribution < -0.4 is 5.32 Å². The Labute approximate surface area is 142 Å². The zero-order chi connectivity index (χ0) is 16.5. The van der Waals surface area contributed by atoms with Gasteiger partial charge in [-0.15, -0.1) is 0 Å². The van der Waals surface area contributed by atoms with E-state index in [0.717, 1.165) is 42.9 Å². The molecule has 0 saturated carbocycles. The number of esters is 1. The molecule has 2 fully saturated rings. The number of methoxy groups -OCH3 is 1. The molecule has 1 aromatic carbocycles. The van der Waals surface area contributed by atoms with E-state index in [2.05, 4.69) is 47.5 Å². The van der Waals surface area contributed by atoms with E-state index < -0.39 is 0 Å². The van der Waals surface area contributed by atoms with Crippen molar-refractivity contribution in [2.45, 2.75) is 31.2 Å². The number of carbonyl (C=O) groups excluding carboxylic acids is 1. The smallest absolute Gasteiger partial charge is 0.336 e. The van der Waals surface area contributed by atoms with Crippen LogP contribution in [0.15, 0.2) is 47.2 Å². The van der Waals surface area contributed by atoms with Crippen LogP contribution in [0.1, 0.15) is 25.3 Å². The van der Waals surface area contributed by atoms with Crippen LogP contribution in [0.2, 0.25) is 0 Å². The van der Waals surface area contributed by atoms with Gasteiger partial charge >= 0.3 is 5.97 Å². The average Bonchev–Trinajstić information content (AvgIpc) is 3.15. The predicted molar refractivity (Wildman–Crippen MR) is 92.6 cm³/mol. The Morgan fingerprint density at radius 3 is 3.04 bits per heavy atom.